The highest BCUT2D eigenvalue weighted by Gasteiger charge is 2.18. The molecule has 1 aromatic heterocycles. The van der Waals surface area contributed by atoms with E-state index in [0.717, 1.165) is 10.9 Å². The first-order valence-corrected chi connectivity index (χ1v) is 6.66. The molecule has 2 amide bonds. The third kappa shape index (κ3) is 2.99. The Kier molecular flexibility index (Phi) is 4.08. The molecule has 0 aliphatic carbocycles. The Morgan fingerprint density at radius 2 is 1.85 bits per heavy atom. The van der Waals surface area contributed by atoms with Gasteiger partial charge in [-0.05, 0) is 39.0 Å². The number of aromatic nitrogens is 1. The molecule has 0 bridgehead atoms. The first-order chi connectivity index (χ1) is 9.49. The number of hydrogen-bond acceptors (Lipinski definition) is 2. The zero-order valence-corrected chi connectivity index (χ0v) is 11.9. The van der Waals surface area contributed by atoms with Crippen LogP contribution in [0.4, 0.5) is 0 Å². The summed E-state index contributed by atoms with van der Waals surface area (Å²) in [5, 5.41) is 6.34. The molecule has 5 nitrogen and oxygen atoms in total. The third-order valence-corrected chi connectivity index (χ3v) is 3.01. The van der Waals surface area contributed by atoms with Gasteiger partial charge in [0.2, 0.25) is 5.91 Å². The summed E-state index contributed by atoms with van der Waals surface area (Å²) in [5.41, 5.74) is 1.46. The molecule has 0 aliphatic heterocycles. The number of hydrogen-bond donors (Lipinski definition) is 3. The maximum Gasteiger partial charge on any atom is 0.252 e. The lowest BCUT2D eigenvalue weighted by Gasteiger charge is -2.16. The van der Waals surface area contributed by atoms with Crippen LogP contribution in [0.3, 0.4) is 0 Å². The van der Waals surface area contributed by atoms with Crippen molar-refractivity contribution in [1.29, 1.82) is 0 Å². The second-order valence-electron chi connectivity index (χ2n) is 5.10. The van der Waals surface area contributed by atoms with E-state index in [0.29, 0.717) is 5.56 Å². The highest BCUT2D eigenvalue weighted by atomic mass is 16.2. The van der Waals surface area contributed by atoms with Crippen molar-refractivity contribution in [3.05, 3.63) is 36.0 Å². The van der Waals surface area contributed by atoms with Crippen LogP contribution >= 0.6 is 0 Å². The molecule has 1 heterocycles. The number of carbonyl (C=O) groups excluding carboxylic acids is 2. The van der Waals surface area contributed by atoms with Crippen LogP contribution in [-0.2, 0) is 4.79 Å². The lowest BCUT2D eigenvalue weighted by molar-refractivity contribution is -0.123. The van der Waals surface area contributed by atoms with Gasteiger partial charge < -0.3 is 15.6 Å². The average Bonchev–Trinajstić information content (AvgIpc) is 2.85. The number of benzene rings is 1. The quantitative estimate of drug-likeness (QED) is 0.795. The molecule has 1 aromatic carbocycles. The maximum atomic E-state index is 12.3. The van der Waals surface area contributed by atoms with E-state index in [2.05, 4.69) is 15.6 Å². The third-order valence-electron chi connectivity index (χ3n) is 3.01. The fraction of sp³-hybridized carbons (Fsp3) is 0.333. The summed E-state index contributed by atoms with van der Waals surface area (Å²) in [6, 6.07) is 6.80. The van der Waals surface area contributed by atoms with E-state index in [1.807, 2.05) is 32.0 Å². The number of nitrogens with one attached hydrogen (secondary N) is 3. The van der Waals surface area contributed by atoms with Crippen molar-refractivity contribution in [1.82, 2.24) is 15.6 Å². The molecule has 2 aromatic rings. The van der Waals surface area contributed by atoms with Crippen LogP contribution in [0.25, 0.3) is 10.9 Å². The molecule has 1 unspecified atom stereocenters. The fourth-order valence-corrected chi connectivity index (χ4v) is 2.03. The normalized spacial score (nSPS) is 12.4. The van der Waals surface area contributed by atoms with E-state index < -0.39 is 6.04 Å². The van der Waals surface area contributed by atoms with Gasteiger partial charge in [0.05, 0.1) is 0 Å². The summed E-state index contributed by atoms with van der Waals surface area (Å²) in [6.45, 7) is 5.44. The van der Waals surface area contributed by atoms with Crippen molar-refractivity contribution in [3.63, 3.8) is 0 Å². The summed E-state index contributed by atoms with van der Waals surface area (Å²) >= 11 is 0. The number of amides is 2. The van der Waals surface area contributed by atoms with Gasteiger partial charge in [0, 0.05) is 28.7 Å². The van der Waals surface area contributed by atoms with Crippen LogP contribution in [0.15, 0.2) is 30.5 Å². The minimum Gasteiger partial charge on any atom is -0.361 e. The molecule has 20 heavy (non-hydrogen) atoms. The van der Waals surface area contributed by atoms with Crippen molar-refractivity contribution < 1.29 is 9.59 Å². The number of aromatic amines is 1. The van der Waals surface area contributed by atoms with Crippen LogP contribution in [0.1, 0.15) is 31.1 Å². The monoisotopic (exact) mass is 273 g/mol. The Balaban J connectivity index is 2.12. The topological polar surface area (TPSA) is 74.0 Å². The predicted molar refractivity (Wildman–Crippen MR) is 78.5 cm³/mol. The maximum absolute atomic E-state index is 12.3. The average molecular weight is 273 g/mol. The molecule has 1 atom stereocenters. The molecular weight excluding hydrogens is 254 g/mol. The van der Waals surface area contributed by atoms with Crippen molar-refractivity contribution in [3.8, 4) is 0 Å². The first kappa shape index (κ1) is 14.1. The molecule has 3 N–H and O–H groups in total. The number of fused-ring (bicyclic) bond motifs is 1. The van der Waals surface area contributed by atoms with E-state index in [4.69, 9.17) is 0 Å². The second kappa shape index (κ2) is 5.77. The molecular formula is C15H19N3O2. The van der Waals surface area contributed by atoms with Gasteiger partial charge in [0.1, 0.15) is 6.04 Å². The molecule has 0 saturated heterocycles. The van der Waals surface area contributed by atoms with Crippen LogP contribution < -0.4 is 10.6 Å². The number of H-pyrrole nitrogens is 1. The standard InChI is InChI=1S/C15H19N3O2/c1-9(2)17-14(19)10(3)18-15(20)12-5-4-6-13-11(12)7-8-16-13/h4-10,16H,1-3H3,(H,17,19)(H,18,20). The van der Waals surface area contributed by atoms with Gasteiger partial charge in [-0.1, -0.05) is 6.07 Å². The molecule has 106 valence electrons. The molecule has 2 rings (SSSR count). The molecule has 0 saturated carbocycles. The fourth-order valence-electron chi connectivity index (χ4n) is 2.03. The van der Waals surface area contributed by atoms with E-state index in [9.17, 15) is 9.59 Å². The minimum absolute atomic E-state index is 0.0509. The van der Waals surface area contributed by atoms with Crippen molar-refractivity contribution in [2.75, 3.05) is 0 Å². The SMILES string of the molecule is CC(C)NC(=O)C(C)NC(=O)c1cccc2[nH]ccc12. The van der Waals surface area contributed by atoms with Gasteiger partial charge in [-0.3, -0.25) is 9.59 Å². The molecule has 5 heteroatoms. The molecule has 0 spiro atoms. The molecule has 0 radical (unpaired) electrons. The summed E-state index contributed by atoms with van der Waals surface area (Å²) in [6.07, 6.45) is 1.79. The van der Waals surface area contributed by atoms with E-state index >= 15 is 0 Å². The summed E-state index contributed by atoms with van der Waals surface area (Å²) < 4.78 is 0. The van der Waals surface area contributed by atoms with Crippen molar-refractivity contribution in [2.24, 2.45) is 0 Å². The summed E-state index contributed by atoms with van der Waals surface area (Å²) in [4.78, 5) is 27.1. The van der Waals surface area contributed by atoms with Crippen LogP contribution in [0.2, 0.25) is 0 Å². The van der Waals surface area contributed by atoms with Gasteiger partial charge in [0.25, 0.3) is 5.91 Å². The lowest BCUT2D eigenvalue weighted by Crippen LogP contribution is -2.46. The Morgan fingerprint density at radius 3 is 2.55 bits per heavy atom. The molecule has 0 fully saturated rings. The Bertz CT molecular complexity index is 631. The highest BCUT2D eigenvalue weighted by molar-refractivity contribution is 6.07. The van der Waals surface area contributed by atoms with E-state index in [-0.39, 0.29) is 17.9 Å². The van der Waals surface area contributed by atoms with Crippen LogP contribution in [-0.4, -0.2) is 28.9 Å². The van der Waals surface area contributed by atoms with Crippen LogP contribution in [0, 0.1) is 0 Å². The van der Waals surface area contributed by atoms with E-state index in [1.165, 1.54) is 0 Å². The predicted octanol–water partition coefficient (Wildman–Crippen LogP) is 1.81. The van der Waals surface area contributed by atoms with Gasteiger partial charge >= 0.3 is 0 Å². The molecule has 0 aliphatic rings. The Hall–Kier alpha value is -2.30. The van der Waals surface area contributed by atoms with Gasteiger partial charge in [-0.2, -0.15) is 0 Å². The van der Waals surface area contributed by atoms with Gasteiger partial charge in [0.15, 0.2) is 0 Å². The van der Waals surface area contributed by atoms with Crippen molar-refractivity contribution >= 4 is 22.7 Å². The van der Waals surface area contributed by atoms with Crippen molar-refractivity contribution in [2.45, 2.75) is 32.9 Å². The van der Waals surface area contributed by atoms with Gasteiger partial charge in [-0.15, -0.1) is 0 Å². The summed E-state index contributed by atoms with van der Waals surface area (Å²) in [7, 11) is 0. The largest absolute Gasteiger partial charge is 0.361 e. The number of rotatable bonds is 4. The Labute approximate surface area is 117 Å². The van der Waals surface area contributed by atoms with Crippen LogP contribution in [0.5, 0.6) is 0 Å². The summed E-state index contributed by atoms with van der Waals surface area (Å²) in [5.74, 6) is -0.434. The lowest BCUT2D eigenvalue weighted by atomic mass is 10.1. The second-order valence-corrected chi connectivity index (χ2v) is 5.10. The first-order valence-electron chi connectivity index (χ1n) is 6.66. The van der Waals surface area contributed by atoms with E-state index in [1.54, 1.807) is 19.2 Å². The smallest absolute Gasteiger partial charge is 0.252 e. The highest BCUT2D eigenvalue weighted by Crippen LogP contribution is 2.17. The van der Waals surface area contributed by atoms with Gasteiger partial charge in [-0.25, -0.2) is 0 Å². The zero-order valence-electron chi connectivity index (χ0n) is 11.9. The minimum atomic E-state index is -0.570. The number of carbonyl (C=O) groups is 2. The Morgan fingerprint density at radius 1 is 1.10 bits per heavy atom. The zero-order chi connectivity index (χ0) is 14.7.